The van der Waals surface area contributed by atoms with Crippen LogP contribution >= 0.6 is 0 Å². The van der Waals surface area contributed by atoms with Gasteiger partial charge in [0.05, 0.1) is 23.9 Å². The number of carbonyl (C=O) groups is 1. The van der Waals surface area contributed by atoms with E-state index in [0.717, 1.165) is 101 Å². The first-order valence-electron chi connectivity index (χ1n) is 24.2. The molecule has 16 unspecified atom stereocenters. The van der Waals surface area contributed by atoms with Crippen molar-refractivity contribution in [2.75, 3.05) is 13.2 Å². The third-order valence-corrected chi connectivity index (χ3v) is 20.0. The van der Waals surface area contributed by atoms with Crippen LogP contribution in [0.3, 0.4) is 0 Å². The highest BCUT2D eigenvalue weighted by Crippen LogP contribution is 2.76. The van der Waals surface area contributed by atoms with Crippen LogP contribution in [0.2, 0.25) is 0 Å². The Hall–Kier alpha value is -0.870. The van der Waals surface area contributed by atoms with Crippen LogP contribution in [0, 0.1) is 63.6 Å². The van der Waals surface area contributed by atoms with Gasteiger partial charge in [-0.25, -0.2) is 0 Å². The van der Waals surface area contributed by atoms with Crippen LogP contribution in [0.5, 0.6) is 0 Å². The highest BCUT2D eigenvalue weighted by molar-refractivity contribution is 6.00. The van der Waals surface area contributed by atoms with Crippen molar-refractivity contribution in [2.24, 2.45) is 69.3 Å². The van der Waals surface area contributed by atoms with Gasteiger partial charge >= 0.3 is 0 Å². The van der Waals surface area contributed by atoms with Crippen molar-refractivity contribution in [1.29, 1.82) is 0 Å². The number of hydrogen-bond acceptors (Lipinski definition) is 7. The van der Waals surface area contributed by atoms with Crippen LogP contribution in [0.25, 0.3) is 0 Å². The molecule has 57 heavy (non-hydrogen) atoms. The molecular formula is C49H81N2O6+. The number of nitrogens with two attached hydrogens (primary N) is 2. The smallest absolute Gasteiger partial charge is 0.162 e. The summed E-state index contributed by atoms with van der Waals surface area (Å²) in [5, 5.41) is 39.9. The molecule has 0 spiro atoms. The molecule has 8 heteroatoms. The molecule has 3 saturated heterocycles. The van der Waals surface area contributed by atoms with Crippen molar-refractivity contribution in [3.63, 3.8) is 0 Å². The van der Waals surface area contributed by atoms with E-state index < -0.39 is 28.3 Å². The summed E-state index contributed by atoms with van der Waals surface area (Å²) >= 11 is 0. The molecule has 3 heterocycles. The molecule has 0 aromatic carbocycles. The number of rotatable bonds is 10. The van der Waals surface area contributed by atoms with Gasteiger partial charge in [0.2, 0.25) is 0 Å². The molecule has 9 aliphatic rings. The van der Waals surface area contributed by atoms with E-state index in [1.54, 1.807) is 0 Å². The number of hydrogen-bond donors (Lipinski definition) is 5. The highest BCUT2D eigenvalue weighted by atomic mass is 16.6. The number of epoxide rings is 1. The number of ether oxygens (including phenoxy) is 2. The molecule has 0 bridgehead atoms. The molecule has 3 aliphatic heterocycles. The normalized spacial score (nSPS) is 49.9. The average molecular weight is 794 g/mol. The Morgan fingerprint density at radius 1 is 0.930 bits per heavy atom. The van der Waals surface area contributed by atoms with Crippen molar-refractivity contribution >= 4 is 5.78 Å². The summed E-state index contributed by atoms with van der Waals surface area (Å²) in [5.74, 6) is 2.57. The van der Waals surface area contributed by atoms with Gasteiger partial charge in [-0.05, 0) is 154 Å². The van der Waals surface area contributed by atoms with Crippen molar-refractivity contribution in [3.8, 4) is 0 Å². The fraction of sp³-hybridized carbons (Fsp3) is 0.939. The van der Waals surface area contributed by atoms with E-state index in [1.807, 2.05) is 6.92 Å². The van der Waals surface area contributed by atoms with E-state index in [4.69, 9.17) is 15.2 Å². The summed E-state index contributed by atoms with van der Waals surface area (Å²) in [6.07, 6.45) is 19.9. The summed E-state index contributed by atoms with van der Waals surface area (Å²) in [7, 11) is 0. The standard InChI is InChI=1S/C49H80N2O6/c1-29-19-23-56-48(27-29,43-42(57-43)47(6,54)44(2,3)20-16-31-18-22-51-38(50)24-31)37-25-33-14-15-35-40-39(45(4)21-17-34(52)26-36(45)41(35)53)32(28-46(37,5)49(33,40)55)13-12-30-10-8-7-9-11-30/h29-34,36-39,42-43,51-52,54-55H,7-28,50H2,1-6H3/p+1. The Bertz CT molecular complexity index is 1570. The zero-order valence-electron chi connectivity index (χ0n) is 36.7. The minimum absolute atomic E-state index is 0.0513. The third-order valence-electron chi connectivity index (χ3n) is 20.0. The third kappa shape index (κ3) is 6.38. The average Bonchev–Trinajstić information content (AvgIpc) is 3.96. The van der Waals surface area contributed by atoms with Crippen LogP contribution in [0.1, 0.15) is 170 Å². The number of piperidine rings is 1. The van der Waals surface area contributed by atoms with E-state index in [1.165, 1.54) is 44.9 Å². The Balaban J connectivity index is 1.08. The lowest BCUT2D eigenvalue weighted by Gasteiger charge is -2.66. The first kappa shape index (κ1) is 41.5. The lowest BCUT2D eigenvalue weighted by Crippen LogP contribution is -2.94. The van der Waals surface area contributed by atoms with Crippen LogP contribution in [-0.2, 0) is 14.3 Å². The number of Topliss-reactive ketones (excluding diaryl/α,β-unsaturated/α-hetero) is 1. The number of quaternary nitrogens is 1. The van der Waals surface area contributed by atoms with E-state index >= 15 is 0 Å². The number of fused-ring (bicyclic) bond motifs is 2. The van der Waals surface area contributed by atoms with Crippen LogP contribution < -0.4 is 11.1 Å². The van der Waals surface area contributed by atoms with Crippen LogP contribution in [-0.4, -0.2) is 75.5 Å². The number of allylic oxidation sites excluding steroid dienone is 1. The zero-order chi connectivity index (χ0) is 40.3. The van der Waals surface area contributed by atoms with Gasteiger partial charge < -0.3 is 30.1 Å². The first-order valence-corrected chi connectivity index (χ1v) is 24.2. The second-order valence-corrected chi connectivity index (χ2v) is 23.5. The maximum atomic E-state index is 14.8. The van der Waals surface area contributed by atoms with E-state index in [0.29, 0.717) is 30.8 Å². The van der Waals surface area contributed by atoms with E-state index in [9.17, 15) is 20.1 Å². The Labute approximate surface area is 344 Å². The Morgan fingerprint density at radius 2 is 1.70 bits per heavy atom. The zero-order valence-corrected chi connectivity index (χ0v) is 36.7. The fourth-order valence-corrected chi connectivity index (χ4v) is 16.3. The molecule has 7 fully saturated rings. The van der Waals surface area contributed by atoms with Crippen LogP contribution in [0.15, 0.2) is 11.1 Å². The SMILES string of the molecule is CC1CCOC(C2OC2C(C)(O)C(C)(C)CCC2CC[NH2+]C(N)C2)(C2CC3CCC4=C5C(C(CCC6CCCCC6)CC2(C)C53O)C2(C)CCC(O)CC2C4=O)C1. The van der Waals surface area contributed by atoms with Crippen molar-refractivity contribution in [2.45, 2.75) is 211 Å². The Kier molecular flexibility index (Phi) is 10.6. The molecule has 8 nitrogen and oxygen atoms in total. The maximum Gasteiger partial charge on any atom is 0.162 e. The van der Waals surface area contributed by atoms with Crippen molar-refractivity contribution in [3.05, 3.63) is 11.1 Å². The minimum atomic E-state index is -1.07. The van der Waals surface area contributed by atoms with Gasteiger partial charge in [0.25, 0.3) is 0 Å². The molecule has 0 radical (unpaired) electrons. The number of aliphatic hydroxyl groups is 3. The topological polar surface area (TPSA) is 142 Å². The number of ketones is 1. The molecule has 16 atom stereocenters. The molecule has 0 amide bonds. The highest BCUT2D eigenvalue weighted by Gasteiger charge is 2.78. The van der Waals surface area contributed by atoms with Gasteiger partial charge in [-0.15, -0.1) is 0 Å². The molecule has 7 N–H and O–H groups in total. The fourth-order valence-electron chi connectivity index (χ4n) is 16.3. The van der Waals surface area contributed by atoms with E-state index in [-0.39, 0.29) is 58.7 Å². The van der Waals surface area contributed by atoms with Gasteiger partial charge in [-0.2, -0.15) is 0 Å². The number of carbonyl (C=O) groups excluding carboxylic acids is 1. The maximum absolute atomic E-state index is 14.8. The monoisotopic (exact) mass is 794 g/mol. The summed E-state index contributed by atoms with van der Waals surface area (Å²) in [4.78, 5) is 14.8. The number of aliphatic hydroxyl groups excluding tert-OH is 1. The largest absolute Gasteiger partial charge is 0.393 e. The van der Waals surface area contributed by atoms with Gasteiger partial charge in [-0.1, -0.05) is 73.1 Å². The first-order chi connectivity index (χ1) is 27.0. The molecule has 0 aromatic heterocycles. The van der Waals surface area contributed by atoms with Crippen molar-refractivity contribution < 1.29 is 34.9 Å². The summed E-state index contributed by atoms with van der Waals surface area (Å²) in [5.41, 5.74) is 4.59. The predicted octanol–water partition coefficient (Wildman–Crippen LogP) is 6.97. The van der Waals surface area contributed by atoms with Crippen molar-refractivity contribution in [1.82, 2.24) is 0 Å². The van der Waals surface area contributed by atoms with Gasteiger partial charge in [-0.3, -0.25) is 10.5 Å². The second-order valence-electron chi connectivity index (χ2n) is 23.5. The quantitative estimate of drug-likeness (QED) is 0.151. The molecular weight excluding hydrogens is 713 g/mol. The lowest BCUT2D eigenvalue weighted by molar-refractivity contribution is -0.699. The van der Waals surface area contributed by atoms with Gasteiger partial charge in [0.1, 0.15) is 24.0 Å². The second kappa shape index (κ2) is 14.6. The summed E-state index contributed by atoms with van der Waals surface area (Å²) in [6.45, 7) is 15.4. The van der Waals surface area contributed by atoms with E-state index in [2.05, 4.69) is 39.9 Å². The molecule has 9 rings (SSSR count). The summed E-state index contributed by atoms with van der Waals surface area (Å²) in [6, 6.07) is 0. The molecule has 322 valence electrons. The minimum Gasteiger partial charge on any atom is -0.393 e. The molecule has 6 aliphatic carbocycles. The van der Waals surface area contributed by atoms with Crippen LogP contribution in [0.4, 0.5) is 0 Å². The predicted molar refractivity (Wildman–Crippen MR) is 222 cm³/mol. The molecule has 4 saturated carbocycles. The van der Waals surface area contributed by atoms with Gasteiger partial charge in [0, 0.05) is 24.4 Å². The lowest BCUT2D eigenvalue weighted by atomic mass is 9.40. The Morgan fingerprint density at radius 3 is 2.44 bits per heavy atom. The molecule has 0 aromatic rings. The summed E-state index contributed by atoms with van der Waals surface area (Å²) < 4.78 is 14.2. The van der Waals surface area contributed by atoms with Gasteiger partial charge in [0.15, 0.2) is 5.78 Å².